The van der Waals surface area contributed by atoms with Gasteiger partial charge in [-0.15, -0.1) is 0 Å². The fourth-order valence-electron chi connectivity index (χ4n) is 2.41. The van der Waals surface area contributed by atoms with Gasteiger partial charge in [0.1, 0.15) is 11.3 Å². The number of hydrogen-bond donors (Lipinski definition) is 1. The van der Waals surface area contributed by atoms with Crippen molar-refractivity contribution in [3.05, 3.63) is 65.2 Å². The molecule has 0 radical (unpaired) electrons. The summed E-state index contributed by atoms with van der Waals surface area (Å²) in [7, 11) is 6.76. The van der Waals surface area contributed by atoms with E-state index >= 15 is 0 Å². The normalized spacial score (nSPS) is 11.0. The first-order chi connectivity index (χ1) is 12.5. The van der Waals surface area contributed by atoms with Crippen LogP contribution in [0, 0.1) is 0 Å². The molecule has 0 fully saturated rings. The molecule has 138 valence electrons. The molecule has 0 bridgehead atoms. The summed E-state index contributed by atoms with van der Waals surface area (Å²) in [6, 6.07) is 15.5. The van der Waals surface area contributed by atoms with Gasteiger partial charge in [0, 0.05) is 20.6 Å². The molecule has 0 atom stereocenters. The van der Waals surface area contributed by atoms with Crippen LogP contribution in [0.15, 0.2) is 53.5 Å². The molecular weight excluding hydrogens is 330 g/mol. The van der Waals surface area contributed by atoms with Gasteiger partial charge in [0.2, 0.25) is 0 Å². The summed E-state index contributed by atoms with van der Waals surface area (Å²) >= 11 is 0. The number of rotatable bonds is 6. The molecule has 6 nitrogen and oxygen atoms in total. The number of ether oxygens (including phenoxy) is 2. The Labute approximate surface area is 154 Å². The topological polar surface area (TPSA) is 63.2 Å². The van der Waals surface area contributed by atoms with Crippen LogP contribution < -0.4 is 10.1 Å². The number of aliphatic imine (C=N–C) groups is 1. The number of nitrogens with one attached hydrogen (secondary N) is 1. The first-order valence-corrected chi connectivity index (χ1v) is 8.30. The van der Waals surface area contributed by atoms with Crippen LogP contribution in [0.4, 0.5) is 0 Å². The zero-order valence-corrected chi connectivity index (χ0v) is 15.7. The van der Waals surface area contributed by atoms with Crippen molar-refractivity contribution in [2.45, 2.75) is 13.1 Å². The number of guanidine groups is 1. The van der Waals surface area contributed by atoms with E-state index < -0.39 is 5.97 Å². The summed E-state index contributed by atoms with van der Waals surface area (Å²) < 4.78 is 10.1. The fraction of sp³-hybridized carbons (Fsp3) is 0.300. The van der Waals surface area contributed by atoms with Crippen molar-refractivity contribution < 1.29 is 14.3 Å². The van der Waals surface area contributed by atoms with Crippen molar-refractivity contribution in [1.82, 2.24) is 10.2 Å². The van der Waals surface area contributed by atoms with Crippen LogP contribution in [0.5, 0.6) is 5.75 Å². The largest absolute Gasteiger partial charge is 0.496 e. The van der Waals surface area contributed by atoms with E-state index in [9.17, 15) is 4.79 Å². The summed E-state index contributed by atoms with van der Waals surface area (Å²) in [6.07, 6.45) is 0. The number of methoxy groups -OCH3 is 2. The van der Waals surface area contributed by atoms with Gasteiger partial charge in [0.25, 0.3) is 0 Å². The molecule has 0 spiro atoms. The van der Waals surface area contributed by atoms with Gasteiger partial charge in [-0.3, -0.25) is 0 Å². The zero-order chi connectivity index (χ0) is 18.9. The summed E-state index contributed by atoms with van der Waals surface area (Å²) in [5.41, 5.74) is 2.53. The first-order valence-electron chi connectivity index (χ1n) is 8.30. The third-order valence-electron chi connectivity index (χ3n) is 3.80. The maximum atomic E-state index is 11.7. The molecule has 0 heterocycles. The Hall–Kier alpha value is -3.02. The summed E-state index contributed by atoms with van der Waals surface area (Å²) in [6.45, 7) is 1.16. The fourth-order valence-corrected chi connectivity index (χ4v) is 2.41. The van der Waals surface area contributed by atoms with Crippen LogP contribution in [0.3, 0.4) is 0 Å². The minimum atomic E-state index is -0.421. The molecule has 6 heteroatoms. The van der Waals surface area contributed by atoms with Crippen LogP contribution in [0.2, 0.25) is 0 Å². The van der Waals surface area contributed by atoms with Gasteiger partial charge in [-0.2, -0.15) is 0 Å². The first kappa shape index (κ1) is 19.3. The van der Waals surface area contributed by atoms with E-state index in [4.69, 9.17) is 9.47 Å². The molecule has 0 aliphatic rings. The maximum absolute atomic E-state index is 11.7. The highest BCUT2D eigenvalue weighted by atomic mass is 16.5. The summed E-state index contributed by atoms with van der Waals surface area (Å²) in [4.78, 5) is 18.3. The lowest BCUT2D eigenvalue weighted by atomic mass is 10.1. The van der Waals surface area contributed by atoms with Crippen molar-refractivity contribution in [1.29, 1.82) is 0 Å². The van der Waals surface area contributed by atoms with Crippen LogP contribution in [0.25, 0.3) is 0 Å². The molecule has 0 saturated carbocycles. The Morgan fingerprint density at radius 2 is 1.81 bits per heavy atom. The molecule has 26 heavy (non-hydrogen) atoms. The molecule has 0 aromatic heterocycles. The van der Waals surface area contributed by atoms with Gasteiger partial charge in [-0.1, -0.05) is 36.4 Å². The number of esters is 1. The van der Waals surface area contributed by atoms with E-state index in [0.717, 1.165) is 11.5 Å². The Kier molecular flexibility index (Phi) is 7.02. The van der Waals surface area contributed by atoms with E-state index in [1.807, 2.05) is 43.3 Å². The molecule has 2 aromatic carbocycles. The predicted molar refractivity (Wildman–Crippen MR) is 102 cm³/mol. The van der Waals surface area contributed by atoms with E-state index in [2.05, 4.69) is 22.4 Å². The van der Waals surface area contributed by atoms with Gasteiger partial charge in [0.15, 0.2) is 5.96 Å². The molecule has 0 amide bonds. The zero-order valence-electron chi connectivity index (χ0n) is 15.7. The minimum absolute atomic E-state index is 0.401. The summed E-state index contributed by atoms with van der Waals surface area (Å²) in [5.74, 6) is 0.841. The number of carbonyl (C=O) groups is 1. The number of hydrogen-bond acceptors (Lipinski definition) is 4. The lowest BCUT2D eigenvalue weighted by molar-refractivity contribution is 0.0597. The Bertz CT molecular complexity index is 758. The number of benzene rings is 2. The van der Waals surface area contributed by atoms with E-state index in [-0.39, 0.29) is 0 Å². The van der Waals surface area contributed by atoms with Gasteiger partial charge in [-0.05, 0) is 23.3 Å². The second-order valence-electron chi connectivity index (χ2n) is 5.90. The number of nitrogens with zero attached hydrogens (tertiary/aromatic N) is 2. The molecule has 2 rings (SSSR count). The summed E-state index contributed by atoms with van der Waals surface area (Å²) in [5, 5.41) is 3.34. The standard InChI is InChI=1S/C20H25N3O3/c1-23(2)20(21-13-15-8-6-5-7-9-15)22-14-16-10-11-17(19(24)26-4)18(12-16)25-3/h5-12H,13-14H2,1-4H3,(H,21,22). The molecule has 0 saturated heterocycles. The average molecular weight is 355 g/mol. The highest BCUT2D eigenvalue weighted by molar-refractivity contribution is 5.92. The highest BCUT2D eigenvalue weighted by Crippen LogP contribution is 2.21. The number of carbonyl (C=O) groups excluding carboxylic acids is 1. The average Bonchev–Trinajstić information content (AvgIpc) is 2.67. The predicted octanol–water partition coefficient (Wildman–Crippen LogP) is 2.69. The molecule has 0 aliphatic carbocycles. The van der Waals surface area contributed by atoms with Gasteiger partial charge in [0.05, 0.1) is 20.8 Å². The van der Waals surface area contributed by atoms with E-state index in [1.165, 1.54) is 19.8 Å². The monoisotopic (exact) mass is 355 g/mol. The molecule has 2 aromatic rings. The van der Waals surface area contributed by atoms with Crippen LogP contribution in [-0.2, 0) is 17.8 Å². The molecular formula is C20H25N3O3. The van der Waals surface area contributed by atoms with Crippen LogP contribution >= 0.6 is 0 Å². The van der Waals surface area contributed by atoms with Crippen LogP contribution in [-0.4, -0.2) is 45.1 Å². The Morgan fingerprint density at radius 1 is 1.08 bits per heavy atom. The molecule has 1 N–H and O–H groups in total. The van der Waals surface area contributed by atoms with Crippen molar-refractivity contribution >= 4 is 11.9 Å². The Balaban J connectivity index is 2.10. The third-order valence-corrected chi connectivity index (χ3v) is 3.80. The quantitative estimate of drug-likeness (QED) is 0.490. The second-order valence-corrected chi connectivity index (χ2v) is 5.90. The van der Waals surface area contributed by atoms with Crippen molar-refractivity contribution in [3.63, 3.8) is 0 Å². The van der Waals surface area contributed by atoms with Gasteiger partial charge < -0.3 is 19.7 Å². The van der Waals surface area contributed by atoms with Crippen LogP contribution in [0.1, 0.15) is 21.5 Å². The van der Waals surface area contributed by atoms with Crippen molar-refractivity contribution in [2.24, 2.45) is 4.99 Å². The second kappa shape index (κ2) is 9.46. The van der Waals surface area contributed by atoms with E-state index in [1.54, 1.807) is 12.1 Å². The van der Waals surface area contributed by atoms with E-state index in [0.29, 0.717) is 24.4 Å². The maximum Gasteiger partial charge on any atom is 0.341 e. The highest BCUT2D eigenvalue weighted by Gasteiger charge is 2.13. The smallest absolute Gasteiger partial charge is 0.341 e. The Morgan fingerprint density at radius 3 is 2.42 bits per heavy atom. The lowest BCUT2D eigenvalue weighted by Crippen LogP contribution is -2.36. The van der Waals surface area contributed by atoms with Gasteiger partial charge >= 0.3 is 5.97 Å². The van der Waals surface area contributed by atoms with Crippen molar-refractivity contribution in [2.75, 3.05) is 28.3 Å². The molecule has 0 unspecified atom stereocenters. The van der Waals surface area contributed by atoms with Crippen molar-refractivity contribution in [3.8, 4) is 5.75 Å². The lowest BCUT2D eigenvalue weighted by Gasteiger charge is -2.18. The minimum Gasteiger partial charge on any atom is -0.496 e. The van der Waals surface area contributed by atoms with Gasteiger partial charge in [-0.25, -0.2) is 9.79 Å². The molecule has 0 aliphatic heterocycles. The SMILES string of the molecule is COC(=O)c1ccc(CN=C(NCc2ccccc2)N(C)C)cc1OC. The third kappa shape index (κ3) is 5.24.